The summed E-state index contributed by atoms with van der Waals surface area (Å²) < 4.78 is 39.7. The number of fused-ring (bicyclic) bond motifs is 5. The Morgan fingerprint density at radius 2 is 1.18 bits per heavy atom. The number of aliphatic hydroxyl groups excluding tert-OH is 2. The fourth-order valence-corrected chi connectivity index (χ4v) is 16.5. The Hall–Kier alpha value is -13.5. The second-order valence-corrected chi connectivity index (χ2v) is 34.5. The van der Waals surface area contributed by atoms with Gasteiger partial charge in [-0.2, -0.15) is 0 Å². The van der Waals surface area contributed by atoms with E-state index in [1.807, 2.05) is 0 Å². The van der Waals surface area contributed by atoms with Crippen molar-refractivity contribution in [3.8, 4) is 5.75 Å². The van der Waals surface area contributed by atoms with Crippen LogP contribution in [0.25, 0.3) is 23.1 Å². The lowest BCUT2D eigenvalue weighted by Gasteiger charge is -2.38. The van der Waals surface area contributed by atoms with E-state index in [9.17, 15) is 63.3 Å². The summed E-state index contributed by atoms with van der Waals surface area (Å²) in [6.07, 6.45) is 18.2. The number of primary amides is 1. The second kappa shape index (κ2) is 51.9. The van der Waals surface area contributed by atoms with Gasteiger partial charge in [0.25, 0.3) is 0 Å². The number of benzene rings is 3. The quantitative estimate of drug-likeness (QED) is 0.00825. The van der Waals surface area contributed by atoms with Crippen LogP contribution in [0.15, 0.2) is 191 Å². The Labute approximate surface area is 776 Å². The number of phenolic OH excluding ortho intramolecular Hbond substituents is 1. The van der Waals surface area contributed by atoms with Gasteiger partial charge in [-0.1, -0.05) is 175 Å². The number of ether oxygens (including phenoxy) is 5. The predicted octanol–water partition coefficient (Wildman–Crippen LogP) is 5.86. The average Bonchev–Trinajstić information content (AvgIpc) is 0.974. The van der Waals surface area contributed by atoms with Gasteiger partial charge < -0.3 is 107 Å². The minimum absolute atomic E-state index is 0.0205. The SMILES string of the molecule is C/C=C/C(O)C(C)(C(=O)OC)C1C\C=C/C=C/C=C/c2nc(co2)C(=O)OC(C(C)(C(=O)OC)C(/C=C/C)OC(=O)CCC(=O)N[C@H](Cc2ccccc2)C(=O)N[C@H]2CSSC[C@@H](C(=O)N[C@@H](C(N)=O)C(C)O)NC(=O)[C@H](C(C)C)NC(=O)[C@H](CCCCN)NC(=O)[C@@H](Cc3c[nH]c4ccccc34)NC(=O)[C@@H](Cc3ccc(O)cc3)NC2=O)C\C=C/C=C/C=C/c2nc(co2)C(=O)O1. The molecule has 6 aromatic rings. The lowest BCUT2D eigenvalue weighted by atomic mass is 9.76. The van der Waals surface area contributed by atoms with Crippen LogP contribution in [0, 0.1) is 16.7 Å². The summed E-state index contributed by atoms with van der Waals surface area (Å²) >= 11 is 0. The molecule has 15 atom stereocenters. The number of nitrogens with one attached hydrogen (secondary N) is 9. The molecule has 8 rings (SSSR count). The molecule has 712 valence electrons. The fraction of sp³-hybridized carbons (Fsp3) is 0.404. The summed E-state index contributed by atoms with van der Waals surface area (Å²) in [6.45, 7) is 10.5. The third-order valence-electron chi connectivity index (χ3n) is 21.8. The maximum atomic E-state index is 15.5. The number of methoxy groups -OCH3 is 2. The van der Waals surface area contributed by atoms with Crippen molar-refractivity contribution in [2.24, 2.45) is 28.2 Å². The molecule has 1 fully saturated rings. The number of aliphatic hydroxyl groups is 2. The summed E-state index contributed by atoms with van der Waals surface area (Å²) in [5.74, 6) is -15.5. The molecule has 7 unspecified atom stereocenters. The first-order chi connectivity index (χ1) is 63.6. The minimum atomic E-state index is -2.13. The van der Waals surface area contributed by atoms with Gasteiger partial charge >= 0.3 is 29.8 Å². The average molecular weight is 1880 g/mol. The molecule has 2 aliphatic rings. The van der Waals surface area contributed by atoms with E-state index in [4.69, 9.17) is 44.0 Å². The number of amides is 9. The molecule has 3 aromatic heterocycles. The molecule has 3 aromatic carbocycles. The van der Waals surface area contributed by atoms with Gasteiger partial charge in [-0.15, -0.1) is 0 Å². The molecular formula is C94H115N13O24S2. The third-order valence-corrected chi connectivity index (χ3v) is 24.3. The van der Waals surface area contributed by atoms with Crippen molar-refractivity contribution >= 4 is 128 Å². The lowest BCUT2D eigenvalue weighted by molar-refractivity contribution is -0.176. The molecule has 0 saturated carbocycles. The number of oxazole rings is 2. The third kappa shape index (κ3) is 30.5. The number of aromatic nitrogens is 3. The van der Waals surface area contributed by atoms with Crippen molar-refractivity contribution in [3.05, 3.63) is 223 Å². The van der Waals surface area contributed by atoms with Gasteiger partial charge in [0.15, 0.2) is 11.4 Å². The van der Waals surface area contributed by atoms with Crippen LogP contribution in [0.5, 0.6) is 5.75 Å². The monoisotopic (exact) mass is 1870 g/mol. The fourth-order valence-electron chi connectivity index (χ4n) is 14.2. The minimum Gasteiger partial charge on any atom is -0.508 e. The van der Waals surface area contributed by atoms with Crippen LogP contribution >= 0.6 is 21.6 Å². The topological polar surface area (TPSA) is 562 Å². The highest BCUT2D eigenvalue weighted by atomic mass is 33.1. The van der Waals surface area contributed by atoms with Crippen molar-refractivity contribution in [2.75, 3.05) is 32.3 Å². The number of phenols is 1. The number of aromatic hydroxyl groups is 1. The summed E-state index contributed by atoms with van der Waals surface area (Å²) in [6, 6.07) is 8.65. The highest BCUT2D eigenvalue weighted by Crippen LogP contribution is 2.38. The standard InChI is InChI=1S/C94H115N13O24S2/c1-10-29-71(110)93(6,91(123)125-8)73-36-21-14-12-16-23-39-77-100-68(52-128-77)90(122)131-74(37-22-15-13-17-24-38-76-99-67(51-127-76)89(121)130-73)94(7,92(124)126-9)72(30-11-2)129-78(112)45-44-75(111)98-64(47-57-31-19-18-20-32-57)83(115)104-69-53-132-133-54-70(87(119)107-80(56(5)108)81(96)113)105-88(120)79(55(3)4)106-82(114)63(35-27-28-46-95)101-85(117)66(49-59-50-97-62-34-26-25-33-61(59)62)103-84(116)65(102-86(69)118)48-58-40-42-60(109)43-41-58/h10-26,29-34,38-43,50-52,55-56,63-66,69-74,79-80,97,108-110H,27-28,35-37,44-49,53-54,95H2,1-9H3,(H2,96,113)(H,98,111)(H,101,117)(H,102,118)(H,103,116)(H,104,115)(H,105,120)(H,106,114)(H,107,119)/b16-12+,17-13+,21-14-,22-15-,29-10+,30-11+,38-24+,39-23+/t56?,63-,64+,65+,66+,69-,70-,71?,72?,73?,74?,79-,80+,93?,94?/m0/s1. The number of allylic oxidation sites excluding steroid dienone is 10. The molecule has 37 nitrogen and oxygen atoms in total. The highest BCUT2D eigenvalue weighted by molar-refractivity contribution is 8.76. The Balaban J connectivity index is 1.09. The molecular weight excluding hydrogens is 1760 g/mol. The first kappa shape index (κ1) is 105. The van der Waals surface area contributed by atoms with Crippen LogP contribution < -0.4 is 54.0 Å². The van der Waals surface area contributed by atoms with Crippen LogP contribution in [-0.2, 0) is 100 Å². The molecule has 9 amide bonds. The molecule has 5 heterocycles. The number of cyclic esters (lactones) is 2. The van der Waals surface area contributed by atoms with Gasteiger partial charge in [-0.3, -0.25) is 57.5 Å². The molecule has 2 aliphatic heterocycles. The van der Waals surface area contributed by atoms with Gasteiger partial charge in [0.1, 0.15) is 95.8 Å². The molecule has 133 heavy (non-hydrogen) atoms. The number of carbonyl (C=O) groups excluding carboxylic acids is 14. The number of nitrogens with two attached hydrogens (primary N) is 2. The zero-order valence-electron chi connectivity index (χ0n) is 75.0. The molecule has 4 bridgehead atoms. The number of rotatable bonds is 30. The number of nitrogens with zero attached hydrogens (tertiary/aromatic N) is 2. The van der Waals surface area contributed by atoms with Gasteiger partial charge in [0, 0.05) is 79.3 Å². The maximum absolute atomic E-state index is 15.5. The van der Waals surface area contributed by atoms with Crippen LogP contribution in [0.3, 0.4) is 0 Å². The predicted molar refractivity (Wildman–Crippen MR) is 493 cm³/mol. The van der Waals surface area contributed by atoms with Gasteiger partial charge in [0.05, 0.1) is 32.8 Å². The Bertz CT molecular complexity index is 5290. The lowest BCUT2D eigenvalue weighted by Crippen LogP contribution is -2.62. The number of aromatic amines is 1. The van der Waals surface area contributed by atoms with E-state index in [1.165, 1.54) is 112 Å². The van der Waals surface area contributed by atoms with Crippen LogP contribution in [-0.4, -0.2) is 224 Å². The molecule has 0 spiro atoms. The first-order valence-corrected chi connectivity index (χ1v) is 45.5. The van der Waals surface area contributed by atoms with Crippen molar-refractivity contribution < 1.29 is 115 Å². The zero-order valence-corrected chi connectivity index (χ0v) is 76.7. The number of H-pyrrole nitrogens is 1. The Kier molecular flexibility index (Phi) is 40.9. The van der Waals surface area contributed by atoms with Crippen LogP contribution in [0.4, 0.5) is 0 Å². The van der Waals surface area contributed by atoms with E-state index in [-0.39, 0.29) is 79.7 Å². The van der Waals surface area contributed by atoms with Gasteiger partial charge in [-0.25, -0.2) is 19.6 Å². The number of hydrogen-bond donors (Lipinski definition) is 14. The molecule has 39 heteroatoms. The van der Waals surface area contributed by atoms with Crippen LogP contribution in [0.1, 0.15) is 143 Å². The van der Waals surface area contributed by atoms with E-state index in [0.717, 1.165) is 48.3 Å². The number of para-hydroxylation sites is 1. The molecule has 16 N–H and O–H groups in total. The molecule has 1 saturated heterocycles. The number of hydrogen-bond acceptors (Lipinski definition) is 29. The number of esters is 5. The number of carbonyl (C=O) groups is 14. The first-order valence-electron chi connectivity index (χ1n) is 43.0. The largest absolute Gasteiger partial charge is 0.508 e. The number of unbranched alkanes of at least 4 members (excludes halogenated alkanes) is 1. The second-order valence-electron chi connectivity index (χ2n) is 32.0. The smallest absolute Gasteiger partial charge is 0.360 e. The van der Waals surface area contributed by atoms with Crippen molar-refractivity contribution in [3.63, 3.8) is 0 Å². The van der Waals surface area contributed by atoms with Gasteiger partial charge in [-0.05, 0) is 107 Å². The Morgan fingerprint density at radius 3 is 1.77 bits per heavy atom. The van der Waals surface area contributed by atoms with Crippen molar-refractivity contribution in [2.45, 2.75) is 192 Å². The van der Waals surface area contributed by atoms with Crippen molar-refractivity contribution in [1.29, 1.82) is 0 Å². The zero-order chi connectivity index (χ0) is 96.9. The van der Waals surface area contributed by atoms with Gasteiger partial charge in [0.2, 0.25) is 64.9 Å². The molecule has 0 radical (unpaired) electrons. The summed E-state index contributed by atoms with van der Waals surface area (Å²) in [7, 11) is 3.95. The van der Waals surface area contributed by atoms with E-state index in [2.05, 4.69) is 57.5 Å². The van der Waals surface area contributed by atoms with E-state index in [0.29, 0.717) is 40.4 Å². The normalized spacial score (nSPS) is 22.6. The van der Waals surface area contributed by atoms with E-state index in [1.54, 1.807) is 119 Å². The highest BCUT2D eigenvalue weighted by Gasteiger charge is 2.53. The summed E-state index contributed by atoms with van der Waals surface area (Å²) in [4.78, 5) is 214. The van der Waals surface area contributed by atoms with E-state index >= 15 is 19.2 Å². The van der Waals surface area contributed by atoms with Crippen molar-refractivity contribution in [1.82, 2.24) is 57.5 Å². The van der Waals surface area contributed by atoms with Crippen LogP contribution in [0.2, 0.25) is 0 Å². The molecule has 0 aliphatic carbocycles. The summed E-state index contributed by atoms with van der Waals surface area (Å²) in [5, 5.41) is 54.4. The summed E-state index contributed by atoms with van der Waals surface area (Å²) in [5.41, 5.74) is 9.04. The van der Waals surface area contributed by atoms with E-state index < -0.39 is 197 Å². The Morgan fingerprint density at radius 1 is 0.624 bits per heavy atom. The maximum Gasteiger partial charge on any atom is 0.360 e.